The molecule has 24 heavy (non-hydrogen) atoms. The summed E-state index contributed by atoms with van der Waals surface area (Å²) >= 11 is 4.45. The lowest BCUT2D eigenvalue weighted by molar-refractivity contribution is -0.122. The monoisotopic (exact) mass is 410 g/mol. The van der Waals surface area contributed by atoms with E-state index >= 15 is 0 Å². The quantitative estimate of drug-likeness (QED) is 0.713. The smallest absolute Gasteiger partial charge is 0.243 e. The van der Waals surface area contributed by atoms with Crippen molar-refractivity contribution in [2.24, 2.45) is 0 Å². The SMILES string of the molecule is Cc1cc(Br)ccc1NC(=O)CNC(=O)CSc1ccccc1F. The predicted molar refractivity (Wildman–Crippen MR) is 97.6 cm³/mol. The van der Waals surface area contributed by atoms with Gasteiger partial charge in [-0.05, 0) is 42.8 Å². The second-order valence-corrected chi connectivity index (χ2v) is 6.94. The maximum absolute atomic E-state index is 13.4. The van der Waals surface area contributed by atoms with Gasteiger partial charge in [0.25, 0.3) is 0 Å². The molecule has 0 saturated heterocycles. The fraction of sp³-hybridized carbons (Fsp3) is 0.176. The van der Waals surface area contributed by atoms with Gasteiger partial charge in [-0.15, -0.1) is 11.8 Å². The van der Waals surface area contributed by atoms with Crippen LogP contribution in [-0.4, -0.2) is 24.1 Å². The van der Waals surface area contributed by atoms with Crippen LogP contribution >= 0.6 is 27.7 Å². The van der Waals surface area contributed by atoms with Gasteiger partial charge in [-0.2, -0.15) is 0 Å². The van der Waals surface area contributed by atoms with Crippen molar-refractivity contribution in [2.45, 2.75) is 11.8 Å². The molecule has 0 atom stereocenters. The minimum atomic E-state index is -0.362. The first kappa shape index (κ1) is 18.5. The van der Waals surface area contributed by atoms with Gasteiger partial charge in [-0.1, -0.05) is 28.1 Å². The number of carbonyl (C=O) groups excluding carboxylic acids is 2. The molecule has 2 aromatic rings. The van der Waals surface area contributed by atoms with Gasteiger partial charge in [-0.3, -0.25) is 9.59 Å². The second kappa shape index (κ2) is 8.84. The number of aryl methyl sites for hydroxylation is 1. The number of nitrogens with one attached hydrogen (secondary N) is 2. The molecule has 0 aliphatic carbocycles. The van der Waals surface area contributed by atoms with Crippen molar-refractivity contribution < 1.29 is 14.0 Å². The molecule has 0 unspecified atom stereocenters. The zero-order valence-corrected chi connectivity index (χ0v) is 15.3. The highest BCUT2D eigenvalue weighted by atomic mass is 79.9. The Morgan fingerprint density at radius 3 is 2.62 bits per heavy atom. The third kappa shape index (κ3) is 5.65. The first-order valence-electron chi connectivity index (χ1n) is 7.16. The molecular weight excluding hydrogens is 395 g/mol. The molecule has 7 heteroatoms. The summed E-state index contributed by atoms with van der Waals surface area (Å²) in [7, 11) is 0. The van der Waals surface area contributed by atoms with E-state index in [1.807, 2.05) is 19.1 Å². The topological polar surface area (TPSA) is 58.2 Å². The van der Waals surface area contributed by atoms with Crippen LogP contribution in [0.2, 0.25) is 0 Å². The lowest BCUT2D eigenvalue weighted by Crippen LogP contribution is -2.34. The average molecular weight is 411 g/mol. The molecule has 4 nitrogen and oxygen atoms in total. The van der Waals surface area contributed by atoms with Gasteiger partial charge in [0.1, 0.15) is 5.82 Å². The first-order chi connectivity index (χ1) is 11.5. The predicted octanol–water partition coefficient (Wildman–Crippen LogP) is 3.74. The molecule has 0 aliphatic heterocycles. The fourth-order valence-electron chi connectivity index (χ4n) is 1.90. The van der Waals surface area contributed by atoms with Gasteiger partial charge in [-0.25, -0.2) is 4.39 Å². The van der Waals surface area contributed by atoms with Crippen LogP contribution in [0.1, 0.15) is 5.56 Å². The molecule has 2 N–H and O–H groups in total. The lowest BCUT2D eigenvalue weighted by atomic mass is 10.2. The zero-order chi connectivity index (χ0) is 17.5. The highest BCUT2D eigenvalue weighted by Gasteiger charge is 2.09. The van der Waals surface area contributed by atoms with Crippen molar-refractivity contribution in [1.29, 1.82) is 0 Å². The van der Waals surface area contributed by atoms with Gasteiger partial charge in [0.05, 0.1) is 12.3 Å². The Morgan fingerprint density at radius 1 is 1.17 bits per heavy atom. The standard InChI is InChI=1S/C17H16BrFN2O2S/c1-11-8-12(18)6-7-14(11)21-16(22)9-20-17(23)10-24-15-5-3-2-4-13(15)19/h2-8H,9-10H2,1H3,(H,20,23)(H,21,22). The Kier molecular flexibility index (Phi) is 6.81. The van der Waals surface area contributed by atoms with Crippen LogP contribution in [0.5, 0.6) is 0 Å². The van der Waals surface area contributed by atoms with Crippen molar-refractivity contribution in [1.82, 2.24) is 5.32 Å². The van der Waals surface area contributed by atoms with Gasteiger partial charge >= 0.3 is 0 Å². The number of halogens is 2. The number of anilines is 1. The highest BCUT2D eigenvalue weighted by Crippen LogP contribution is 2.21. The Morgan fingerprint density at radius 2 is 1.92 bits per heavy atom. The summed E-state index contributed by atoms with van der Waals surface area (Å²) in [6.07, 6.45) is 0. The number of amides is 2. The number of hydrogen-bond acceptors (Lipinski definition) is 3. The molecule has 126 valence electrons. The van der Waals surface area contributed by atoms with Gasteiger partial charge in [0.15, 0.2) is 0 Å². The maximum Gasteiger partial charge on any atom is 0.243 e. The van der Waals surface area contributed by atoms with E-state index in [2.05, 4.69) is 26.6 Å². The molecule has 0 aliphatic rings. The first-order valence-corrected chi connectivity index (χ1v) is 8.93. The molecule has 0 spiro atoms. The minimum absolute atomic E-state index is 0.0471. The van der Waals surface area contributed by atoms with Crippen LogP contribution in [0.25, 0.3) is 0 Å². The summed E-state index contributed by atoms with van der Waals surface area (Å²) in [6.45, 7) is 1.75. The second-order valence-electron chi connectivity index (χ2n) is 5.00. The molecule has 2 rings (SSSR count). The normalized spacial score (nSPS) is 10.3. The van der Waals surface area contributed by atoms with E-state index in [-0.39, 0.29) is 29.9 Å². The van der Waals surface area contributed by atoms with E-state index in [4.69, 9.17) is 0 Å². The van der Waals surface area contributed by atoms with Crippen LogP contribution < -0.4 is 10.6 Å². The Balaban J connectivity index is 1.77. The van der Waals surface area contributed by atoms with Gasteiger partial charge < -0.3 is 10.6 Å². The summed E-state index contributed by atoms with van der Waals surface area (Å²) in [6, 6.07) is 11.7. The molecule has 0 fully saturated rings. The number of thioether (sulfide) groups is 1. The van der Waals surface area contributed by atoms with Crippen molar-refractivity contribution in [3.63, 3.8) is 0 Å². The van der Waals surface area contributed by atoms with Crippen molar-refractivity contribution in [3.05, 3.63) is 58.3 Å². The highest BCUT2D eigenvalue weighted by molar-refractivity contribution is 9.10. The van der Waals surface area contributed by atoms with Gasteiger partial charge in [0.2, 0.25) is 11.8 Å². The summed E-state index contributed by atoms with van der Waals surface area (Å²) in [5.74, 6) is -0.958. The van der Waals surface area contributed by atoms with Crippen molar-refractivity contribution in [3.8, 4) is 0 Å². The molecule has 0 aromatic heterocycles. The Labute approximate surface area is 152 Å². The van der Waals surface area contributed by atoms with E-state index in [0.29, 0.717) is 10.6 Å². The molecule has 0 saturated carbocycles. The maximum atomic E-state index is 13.4. The number of rotatable bonds is 6. The molecule has 2 amide bonds. The largest absolute Gasteiger partial charge is 0.346 e. The molecule has 0 heterocycles. The molecule has 0 bridgehead atoms. The van der Waals surface area contributed by atoms with E-state index in [0.717, 1.165) is 21.8 Å². The Hall–Kier alpha value is -1.86. The van der Waals surface area contributed by atoms with E-state index in [1.54, 1.807) is 24.3 Å². The molecular formula is C17H16BrFN2O2S. The number of benzene rings is 2. The molecule has 2 aromatic carbocycles. The summed E-state index contributed by atoms with van der Waals surface area (Å²) in [5.41, 5.74) is 1.61. The summed E-state index contributed by atoms with van der Waals surface area (Å²) < 4.78 is 14.4. The molecule has 0 radical (unpaired) electrons. The third-order valence-corrected chi connectivity index (χ3v) is 4.65. The van der Waals surface area contributed by atoms with Crippen LogP contribution in [-0.2, 0) is 9.59 Å². The van der Waals surface area contributed by atoms with Crippen LogP contribution in [0, 0.1) is 12.7 Å². The van der Waals surface area contributed by atoms with E-state index < -0.39 is 0 Å². The summed E-state index contributed by atoms with van der Waals surface area (Å²) in [5, 5.41) is 5.25. The van der Waals surface area contributed by atoms with Crippen LogP contribution in [0.15, 0.2) is 51.8 Å². The lowest BCUT2D eigenvalue weighted by Gasteiger charge is -2.09. The average Bonchev–Trinajstić information content (AvgIpc) is 2.55. The third-order valence-electron chi connectivity index (χ3n) is 3.10. The Bertz CT molecular complexity index is 755. The summed E-state index contributed by atoms with van der Waals surface area (Å²) in [4.78, 5) is 24.0. The van der Waals surface area contributed by atoms with Crippen molar-refractivity contribution in [2.75, 3.05) is 17.6 Å². The fourth-order valence-corrected chi connectivity index (χ4v) is 3.14. The number of hydrogen-bond donors (Lipinski definition) is 2. The van der Waals surface area contributed by atoms with Crippen molar-refractivity contribution >= 4 is 45.2 Å². The van der Waals surface area contributed by atoms with Gasteiger partial charge in [0, 0.05) is 15.1 Å². The van der Waals surface area contributed by atoms with Crippen LogP contribution in [0.3, 0.4) is 0 Å². The van der Waals surface area contributed by atoms with E-state index in [1.165, 1.54) is 6.07 Å². The zero-order valence-electron chi connectivity index (χ0n) is 12.9. The van der Waals surface area contributed by atoms with E-state index in [9.17, 15) is 14.0 Å². The van der Waals surface area contributed by atoms with Crippen LogP contribution in [0.4, 0.5) is 10.1 Å². The minimum Gasteiger partial charge on any atom is -0.346 e. The number of carbonyl (C=O) groups is 2.